The Bertz CT molecular complexity index is 1470. The number of benzene rings is 3. The molecule has 2 amide bonds. The normalized spacial score (nSPS) is 23.1. The predicted octanol–water partition coefficient (Wildman–Crippen LogP) is 6.03. The average Bonchev–Trinajstić information content (AvgIpc) is 3.40. The molecule has 1 spiro atoms. The van der Waals surface area contributed by atoms with Crippen LogP contribution in [0.15, 0.2) is 72.8 Å². The van der Waals surface area contributed by atoms with Crippen molar-refractivity contribution in [3.8, 4) is 5.75 Å². The van der Waals surface area contributed by atoms with E-state index in [1.54, 1.807) is 30.0 Å². The molecule has 7 nitrogen and oxygen atoms in total. The zero-order valence-corrected chi connectivity index (χ0v) is 28.1. The lowest BCUT2D eigenvalue weighted by Gasteiger charge is -2.31. The minimum absolute atomic E-state index is 0.0896. The van der Waals surface area contributed by atoms with Crippen LogP contribution in [-0.2, 0) is 33.0 Å². The van der Waals surface area contributed by atoms with Gasteiger partial charge in [0.1, 0.15) is 5.75 Å². The molecule has 0 aliphatic carbocycles. The van der Waals surface area contributed by atoms with Crippen molar-refractivity contribution in [3.05, 3.63) is 93.1 Å². The quantitative estimate of drug-likeness (QED) is 0.158. The lowest BCUT2D eigenvalue weighted by atomic mass is 9.82. The average molecular weight is 717 g/mol. The van der Waals surface area contributed by atoms with Crippen molar-refractivity contribution in [2.45, 2.75) is 56.8 Å². The third-order valence-corrected chi connectivity index (χ3v) is 11.9. The highest BCUT2D eigenvalue weighted by molar-refractivity contribution is 14.1. The SMILES string of the molecule is COc1ccc2c(c1)[C@]1(O[C@@H](CC(=O)N(CCO)Cc3ccccc3)[C@H]([Si](C)(C)F)[C@H]1C)C(=O)N2Cc1ccc(I)cc1. The van der Waals surface area contributed by atoms with Gasteiger partial charge in [-0.1, -0.05) is 49.4 Å². The number of aliphatic hydroxyl groups excluding tert-OH is 1. The van der Waals surface area contributed by atoms with Crippen LogP contribution < -0.4 is 9.64 Å². The lowest BCUT2D eigenvalue weighted by Crippen LogP contribution is -2.45. The van der Waals surface area contributed by atoms with E-state index >= 15 is 4.11 Å². The van der Waals surface area contributed by atoms with Crippen LogP contribution in [0, 0.1) is 9.49 Å². The minimum atomic E-state index is -3.46. The molecule has 0 saturated carbocycles. The van der Waals surface area contributed by atoms with Gasteiger partial charge in [-0.25, -0.2) is 0 Å². The standard InChI is InChI=1S/C33H38FIN2O5Si/c1-22-31(43(3,4)34)29(19-30(39)36(16-17-38)20-23-8-6-5-7-9-23)42-33(22)27-18-26(41-2)14-15-28(27)37(32(33)40)21-24-10-12-25(35)13-11-24/h5-15,18,22,29,31,38H,16-17,19-21H2,1-4H3/t22-,29+,31-,33+/m1/s1. The van der Waals surface area contributed by atoms with Crippen molar-refractivity contribution in [3.63, 3.8) is 0 Å². The van der Waals surface area contributed by atoms with E-state index < -0.39 is 31.6 Å². The zero-order chi connectivity index (χ0) is 30.9. The van der Waals surface area contributed by atoms with Crippen LogP contribution in [0.2, 0.25) is 18.6 Å². The molecular formula is C33H38FIN2O5Si. The second kappa shape index (κ2) is 12.7. The van der Waals surface area contributed by atoms with Gasteiger partial charge < -0.3 is 28.5 Å². The molecule has 0 bridgehead atoms. The van der Waals surface area contributed by atoms with Crippen molar-refractivity contribution in [2.24, 2.45) is 5.92 Å². The summed E-state index contributed by atoms with van der Waals surface area (Å²) in [6, 6.07) is 23.0. The first-order valence-electron chi connectivity index (χ1n) is 14.5. The molecular weight excluding hydrogens is 678 g/mol. The molecule has 5 rings (SSSR count). The number of aliphatic hydroxyl groups is 1. The third kappa shape index (κ3) is 6.11. The first-order chi connectivity index (χ1) is 20.5. The van der Waals surface area contributed by atoms with Crippen LogP contribution in [0.4, 0.5) is 9.80 Å². The van der Waals surface area contributed by atoms with Crippen LogP contribution in [0.3, 0.4) is 0 Å². The Morgan fingerprint density at radius 1 is 1.12 bits per heavy atom. The third-order valence-electron chi connectivity index (χ3n) is 8.74. The maximum Gasteiger partial charge on any atom is 0.264 e. The van der Waals surface area contributed by atoms with Crippen LogP contribution in [0.25, 0.3) is 0 Å². The van der Waals surface area contributed by atoms with Crippen LogP contribution in [0.5, 0.6) is 5.75 Å². The molecule has 4 atom stereocenters. The van der Waals surface area contributed by atoms with Gasteiger partial charge >= 0.3 is 0 Å². The maximum atomic E-state index is 16.3. The number of rotatable bonds is 10. The van der Waals surface area contributed by atoms with E-state index in [1.807, 2.05) is 79.7 Å². The summed E-state index contributed by atoms with van der Waals surface area (Å²) in [5, 5.41) is 9.73. The van der Waals surface area contributed by atoms with Crippen molar-refractivity contribution >= 4 is 48.5 Å². The Balaban J connectivity index is 1.52. The second-order valence-electron chi connectivity index (χ2n) is 11.9. The Hall–Kier alpha value is -2.80. The number of ether oxygens (including phenoxy) is 2. The fourth-order valence-corrected chi connectivity index (χ4v) is 9.65. The van der Waals surface area contributed by atoms with Crippen molar-refractivity contribution in [1.82, 2.24) is 4.90 Å². The summed E-state index contributed by atoms with van der Waals surface area (Å²) in [5.74, 6) is -0.459. The first kappa shape index (κ1) is 31.6. The van der Waals surface area contributed by atoms with E-state index in [1.165, 1.54) is 0 Å². The van der Waals surface area contributed by atoms with E-state index in [2.05, 4.69) is 22.6 Å². The highest BCUT2D eigenvalue weighted by Crippen LogP contribution is 2.60. The van der Waals surface area contributed by atoms with Gasteiger partial charge in [-0.2, -0.15) is 0 Å². The minimum Gasteiger partial charge on any atom is -0.497 e. The second-order valence-corrected chi connectivity index (χ2v) is 16.9. The number of methoxy groups -OCH3 is 1. The number of hydrogen-bond acceptors (Lipinski definition) is 5. The van der Waals surface area contributed by atoms with Gasteiger partial charge in [-0.05, 0) is 77.1 Å². The molecule has 0 aromatic heterocycles. The number of nitrogens with zero attached hydrogens (tertiary/aromatic N) is 2. The molecule has 1 saturated heterocycles. The predicted molar refractivity (Wildman–Crippen MR) is 175 cm³/mol. The largest absolute Gasteiger partial charge is 0.497 e. The summed E-state index contributed by atoms with van der Waals surface area (Å²) < 4.78 is 29.7. The fourth-order valence-electron chi connectivity index (χ4n) is 6.80. The summed E-state index contributed by atoms with van der Waals surface area (Å²) in [5.41, 5.74) is 1.15. The molecule has 228 valence electrons. The number of anilines is 1. The molecule has 3 aromatic rings. The molecule has 2 aliphatic rings. The topological polar surface area (TPSA) is 79.3 Å². The van der Waals surface area contributed by atoms with Gasteiger partial charge in [0.25, 0.3) is 5.91 Å². The maximum absolute atomic E-state index is 16.3. The van der Waals surface area contributed by atoms with Crippen LogP contribution in [-0.4, -0.2) is 56.6 Å². The Kier molecular flexibility index (Phi) is 9.31. The Labute approximate surface area is 267 Å². The first-order valence-corrected chi connectivity index (χ1v) is 18.6. The highest BCUT2D eigenvalue weighted by atomic mass is 127. The number of halogens is 2. The van der Waals surface area contributed by atoms with Crippen LogP contribution >= 0.6 is 22.6 Å². The Morgan fingerprint density at radius 3 is 2.44 bits per heavy atom. The number of carbonyl (C=O) groups is 2. The molecule has 3 aromatic carbocycles. The molecule has 2 aliphatic heterocycles. The summed E-state index contributed by atoms with van der Waals surface area (Å²) in [7, 11) is -1.89. The Morgan fingerprint density at radius 2 is 1.81 bits per heavy atom. The number of fused-ring (bicyclic) bond motifs is 2. The molecule has 1 N–H and O–H groups in total. The number of hydrogen-bond donors (Lipinski definition) is 1. The van der Waals surface area contributed by atoms with Crippen molar-refractivity contribution < 1.29 is 28.3 Å². The molecule has 0 unspecified atom stereocenters. The smallest absolute Gasteiger partial charge is 0.264 e. The van der Waals surface area contributed by atoms with E-state index in [-0.39, 0.29) is 31.4 Å². The summed E-state index contributed by atoms with van der Waals surface area (Å²) in [4.78, 5) is 31.6. The summed E-state index contributed by atoms with van der Waals surface area (Å²) in [6.07, 6.45) is -0.902. The number of amides is 2. The van der Waals surface area contributed by atoms with Crippen molar-refractivity contribution in [1.29, 1.82) is 0 Å². The van der Waals surface area contributed by atoms with E-state index in [9.17, 15) is 14.7 Å². The van der Waals surface area contributed by atoms with E-state index in [0.717, 1.165) is 14.7 Å². The molecule has 0 radical (unpaired) electrons. The molecule has 1 fully saturated rings. The monoisotopic (exact) mass is 716 g/mol. The fraction of sp³-hybridized carbons (Fsp3) is 0.394. The molecule has 2 heterocycles. The van der Waals surface area contributed by atoms with Gasteiger partial charge in [-0.15, -0.1) is 0 Å². The van der Waals surface area contributed by atoms with E-state index in [4.69, 9.17) is 9.47 Å². The lowest BCUT2D eigenvalue weighted by molar-refractivity contribution is -0.150. The van der Waals surface area contributed by atoms with Gasteiger partial charge in [0.2, 0.25) is 14.3 Å². The van der Waals surface area contributed by atoms with Gasteiger partial charge in [0.05, 0.1) is 38.5 Å². The highest BCUT2D eigenvalue weighted by Gasteiger charge is 2.67. The van der Waals surface area contributed by atoms with Gasteiger partial charge in [-0.3, -0.25) is 9.59 Å². The zero-order valence-electron chi connectivity index (χ0n) is 24.9. The van der Waals surface area contributed by atoms with Gasteiger partial charge in [0, 0.05) is 33.7 Å². The molecule has 43 heavy (non-hydrogen) atoms. The van der Waals surface area contributed by atoms with Crippen molar-refractivity contribution in [2.75, 3.05) is 25.2 Å². The molecule has 10 heteroatoms. The van der Waals surface area contributed by atoms with Crippen LogP contribution in [0.1, 0.15) is 30.0 Å². The van der Waals surface area contributed by atoms with Gasteiger partial charge in [0.15, 0.2) is 5.60 Å². The van der Waals surface area contributed by atoms with E-state index in [0.29, 0.717) is 30.1 Å². The summed E-state index contributed by atoms with van der Waals surface area (Å²) in [6.45, 7) is 5.73. The number of carbonyl (C=O) groups excluding carboxylic acids is 2. The summed E-state index contributed by atoms with van der Waals surface area (Å²) >= 11 is 2.25.